The highest BCUT2D eigenvalue weighted by molar-refractivity contribution is 7.92. The Morgan fingerprint density at radius 2 is 1.54 bits per heavy atom. The summed E-state index contributed by atoms with van der Waals surface area (Å²) in [6.07, 6.45) is 0. The average molecular weight is 532 g/mol. The van der Waals surface area contributed by atoms with Crippen LogP contribution in [0.1, 0.15) is 11.1 Å². The molecular weight excluding hydrogens is 505 g/mol. The Morgan fingerprint density at radius 1 is 0.886 bits per heavy atom. The maximum Gasteiger partial charge on any atom is 0.264 e. The van der Waals surface area contributed by atoms with Gasteiger partial charge in [-0.05, 0) is 73.5 Å². The molecule has 1 aliphatic heterocycles. The minimum atomic E-state index is -3.98. The van der Waals surface area contributed by atoms with E-state index >= 15 is 0 Å². The summed E-state index contributed by atoms with van der Waals surface area (Å²) < 4.78 is 28.3. The minimum absolute atomic E-state index is 0.0810. The number of halogens is 2. The van der Waals surface area contributed by atoms with Gasteiger partial charge in [-0.2, -0.15) is 0 Å². The summed E-state index contributed by atoms with van der Waals surface area (Å²) in [6, 6.07) is 18.9. The van der Waals surface area contributed by atoms with Gasteiger partial charge in [-0.3, -0.25) is 9.10 Å². The van der Waals surface area contributed by atoms with Crippen LogP contribution in [-0.4, -0.2) is 51.9 Å². The van der Waals surface area contributed by atoms with Gasteiger partial charge < -0.3 is 9.80 Å². The number of hydrogen-bond acceptors (Lipinski definition) is 4. The third-order valence-corrected chi connectivity index (χ3v) is 8.39. The van der Waals surface area contributed by atoms with Gasteiger partial charge in [0.05, 0.1) is 10.6 Å². The molecule has 0 spiro atoms. The van der Waals surface area contributed by atoms with E-state index in [0.717, 1.165) is 16.8 Å². The zero-order valence-electron chi connectivity index (χ0n) is 19.6. The lowest BCUT2D eigenvalue weighted by Crippen LogP contribution is -2.52. The first-order chi connectivity index (χ1) is 16.6. The molecule has 1 saturated heterocycles. The number of carbonyl (C=O) groups is 1. The molecular formula is C26H27Cl2N3O3S. The lowest BCUT2D eigenvalue weighted by Gasteiger charge is -2.37. The van der Waals surface area contributed by atoms with E-state index in [1.807, 2.05) is 38.1 Å². The molecule has 9 heteroatoms. The summed E-state index contributed by atoms with van der Waals surface area (Å²) in [5, 5.41) is 1.11. The molecule has 0 unspecified atom stereocenters. The second-order valence-electron chi connectivity index (χ2n) is 8.60. The Kier molecular flexibility index (Phi) is 7.59. The number of sulfonamides is 1. The number of amides is 1. The Hall–Kier alpha value is -2.74. The standard InChI is InChI=1S/C26H27Cl2N3O3S/c1-19-4-3-5-23(16-19)31(35(33,34)24-10-8-21(27)9-11-24)18-26(32)30-14-12-29(13-15-30)25-17-22(28)7-6-20(25)2/h3-11,16-17H,12-15,18H2,1-2H3. The largest absolute Gasteiger partial charge is 0.368 e. The molecule has 3 aromatic rings. The van der Waals surface area contributed by atoms with E-state index in [1.54, 1.807) is 23.1 Å². The normalized spacial score (nSPS) is 14.2. The number of benzene rings is 3. The first-order valence-corrected chi connectivity index (χ1v) is 13.5. The molecule has 1 fully saturated rings. The van der Waals surface area contributed by atoms with E-state index < -0.39 is 10.0 Å². The fourth-order valence-electron chi connectivity index (χ4n) is 4.17. The third kappa shape index (κ3) is 5.74. The van der Waals surface area contributed by atoms with E-state index in [0.29, 0.717) is 41.9 Å². The summed E-state index contributed by atoms with van der Waals surface area (Å²) in [5.41, 5.74) is 3.52. The number of rotatable bonds is 6. The Bertz CT molecular complexity index is 1320. The van der Waals surface area contributed by atoms with E-state index in [2.05, 4.69) is 4.90 Å². The molecule has 4 rings (SSSR count). The van der Waals surface area contributed by atoms with Crippen LogP contribution >= 0.6 is 23.2 Å². The van der Waals surface area contributed by atoms with Crippen LogP contribution < -0.4 is 9.21 Å². The topological polar surface area (TPSA) is 60.9 Å². The Morgan fingerprint density at radius 3 is 2.20 bits per heavy atom. The van der Waals surface area contributed by atoms with Crippen LogP contribution in [0.3, 0.4) is 0 Å². The SMILES string of the molecule is Cc1cccc(N(CC(=O)N2CCN(c3cc(Cl)ccc3C)CC2)S(=O)(=O)c2ccc(Cl)cc2)c1. The van der Waals surface area contributed by atoms with Crippen molar-refractivity contribution in [2.24, 2.45) is 0 Å². The molecule has 0 aromatic heterocycles. The average Bonchev–Trinajstić information content (AvgIpc) is 2.84. The van der Waals surface area contributed by atoms with Crippen LogP contribution in [0.15, 0.2) is 71.6 Å². The van der Waals surface area contributed by atoms with Gasteiger partial charge >= 0.3 is 0 Å². The molecule has 0 saturated carbocycles. The predicted octanol–water partition coefficient (Wildman–Crippen LogP) is 5.15. The Balaban J connectivity index is 1.54. The van der Waals surface area contributed by atoms with E-state index in [4.69, 9.17) is 23.2 Å². The van der Waals surface area contributed by atoms with Gasteiger partial charge in [0.25, 0.3) is 10.0 Å². The highest BCUT2D eigenvalue weighted by Gasteiger charge is 2.30. The van der Waals surface area contributed by atoms with Gasteiger partial charge in [0.2, 0.25) is 5.91 Å². The molecule has 0 radical (unpaired) electrons. The molecule has 1 heterocycles. The molecule has 184 valence electrons. The van der Waals surface area contributed by atoms with Crippen molar-refractivity contribution in [2.75, 3.05) is 41.9 Å². The smallest absolute Gasteiger partial charge is 0.264 e. The van der Waals surface area contributed by atoms with Crippen LogP contribution in [0.5, 0.6) is 0 Å². The first kappa shape index (κ1) is 25.4. The van der Waals surface area contributed by atoms with Crippen LogP contribution in [0, 0.1) is 13.8 Å². The molecule has 1 aliphatic rings. The van der Waals surface area contributed by atoms with Crippen molar-refractivity contribution >= 4 is 50.5 Å². The zero-order chi connectivity index (χ0) is 25.2. The molecule has 0 N–H and O–H groups in total. The fraction of sp³-hybridized carbons (Fsp3) is 0.269. The van der Waals surface area contributed by atoms with Gasteiger partial charge in [-0.25, -0.2) is 8.42 Å². The molecule has 35 heavy (non-hydrogen) atoms. The number of piperazine rings is 1. The second kappa shape index (κ2) is 10.5. The van der Waals surface area contributed by atoms with Crippen molar-refractivity contribution in [3.8, 4) is 0 Å². The lowest BCUT2D eigenvalue weighted by molar-refractivity contribution is -0.129. The molecule has 0 atom stereocenters. The predicted molar refractivity (Wildman–Crippen MR) is 142 cm³/mol. The van der Waals surface area contributed by atoms with E-state index in [9.17, 15) is 13.2 Å². The molecule has 0 bridgehead atoms. The minimum Gasteiger partial charge on any atom is -0.368 e. The van der Waals surface area contributed by atoms with Crippen LogP contribution in [0.25, 0.3) is 0 Å². The van der Waals surface area contributed by atoms with Gasteiger partial charge in [-0.1, -0.05) is 41.4 Å². The maximum absolute atomic E-state index is 13.6. The van der Waals surface area contributed by atoms with Crippen molar-refractivity contribution < 1.29 is 13.2 Å². The van der Waals surface area contributed by atoms with Crippen molar-refractivity contribution in [1.82, 2.24) is 4.90 Å². The Labute approximate surface area is 216 Å². The van der Waals surface area contributed by atoms with E-state index in [-0.39, 0.29) is 17.3 Å². The molecule has 1 amide bonds. The van der Waals surface area contributed by atoms with Crippen LogP contribution in [0.2, 0.25) is 10.0 Å². The van der Waals surface area contributed by atoms with Gasteiger partial charge in [0.1, 0.15) is 6.54 Å². The number of hydrogen-bond donors (Lipinski definition) is 0. The summed E-state index contributed by atoms with van der Waals surface area (Å²) >= 11 is 12.1. The van der Waals surface area contributed by atoms with Crippen LogP contribution in [0.4, 0.5) is 11.4 Å². The number of anilines is 2. The number of aryl methyl sites for hydroxylation is 2. The first-order valence-electron chi connectivity index (χ1n) is 11.3. The fourth-order valence-corrected chi connectivity index (χ4v) is 5.87. The van der Waals surface area contributed by atoms with Gasteiger partial charge in [0.15, 0.2) is 0 Å². The summed E-state index contributed by atoms with van der Waals surface area (Å²) in [6.45, 7) is 5.90. The third-order valence-electron chi connectivity index (χ3n) is 6.11. The summed E-state index contributed by atoms with van der Waals surface area (Å²) in [4.78, 5) is 17.3. The zero-order valence-corrected chi connectivity index (χ0v) is 21.9. The van der Waals surface area contributed by atoms with Crippen molar-refractivity contribution in [3.05, 3.63) is 87.9 Å². The number of carbonyl (C=O) groups excluding carboxylic acids is 1. The summed E-state index contributed by atoms with van der Waals surface area (Å²) in [5.74, 6) is -0.244. The van der Waals surface area contributed by atoms with Crippen LogP contribution in [-0.2, 0) is 14.8 Å². The monoisotopic (exact) mass is 531 g/mol. The highest BCUT2D eigenvalue weighted by atomic mass is 35.5. The molecule has 6 nitrogen and oxygen atoms in total. The molecule has 3 aromatic carbocycles. The van der Waals surface area contributed by atoms with E-state index in [1.165, 1.54) is 28.6 Å². The molecule has 0 aliphatic carbocycles. The quantitative estimate of drug-likeness (QED) is 0.441. The van der Waals surface area contributed by atoms with Gasteiger partial charge in [0, 0.05) is 41.9 Å². The van der Waals surface area contributed by atoms with Crippen molar-refractivity contribution in [2.45, 2.75) is 18.7 Å². The highest BCUT2D eigenvalue weighted by Crippen LogP contribution is 2.27. The lowest BCUT2D eigenvalue weighted by atomic mass is 10.1. The van der Waals surface area contributed by atoms with Crippen molar-refractivity contribution in [1.29, 1.82) is 0 Å². The maximum atomic E-state index is 13.6. The van der Waals surface area contributed by atoms with Crippen molar-refractivity contribution in [3.63, 3.8) is 0 Å². The second-order valence-corrected chi connectivity index (χ2v) is 11.3. The summed E-state index contributed by atoms with van der Waals surface area (Å²) in [7, 11) is -3.98. The van der Waals surface area contributed by atoms with Gasteiger partial charge in [-0.15, -0.1) is 0 Å². The number of nitrogens with zero attached hydrogens (tertiary/aromatic N) is 3.